The summed E-state index contributed by atoms with van der Waals surface area (Å²) in [4.78, 5) is 23.4. The van der Waals surface area contributed by atoms with E-state index in [1.807, 2.05) is 61.5 Å². The van der Waals surface area contributed by atoms with Crippen LogP contribution in [0.5, 0.6) is 0 Å². The van der Waals surface area contributed by atoms with Gasteiger partial charge in [0.2, 0.25) is 0 Å². The number of fused-ring (bicyclic) bond motifs is 1. The van der Waals surface area contributed by atoms with Crippen molar-refractivity contribution in [2.24, 2.45) is 0 Å². The third kappa shape index (κ3) is 3.82. The smallest absolute Gasteiger partial charge is 0.256 e. The van der Waals surface area contributed by atoms with E-state index in [1.54, 1.807) is 30.5 Å². The predicted octanol–water partition coefficient (Wildman–Crippen LogP) is 4.49. The van der Waals surface area contributed by atoms with E-state index in [0.29, 0.717) is 22.6 Å². The number of benzene rings is 2. The van der Waals surface area contributed by atoms with Crippen LogP contribution in [0.15, 0.2) is 72.9 Å². The monoisotopic (exact) mass is 393 g/mol. The average molecular weight is 393 g/mol. The van der Waals surface area contributed by atoms with Crippen LogP contribution in [-0.2, 0) is 0 Å². The number of carbonyl (C=O) groups excluding carboxylic acids is 1. The largest absolute Gasteiger partial charge is 0.377 e. The van der Waals surface area contributed by atoms with E-state index in [1.165, 1.54) is 0 Å². The number of rotatable bonds is 4. The van der Waals surface area contributed by atoms with Crippen molar-refractivity contribution < 1.29 is 4.79 Å². The Labute approximate surface area is 174 Å². The van der Waals surface area contributed by atoms with E-state index in [0.717, 1.165) is 22.2 Å². The van der Waals surface area contributed by atoms with Gasteiger partial charge in [0, 0.05) is 42.5 Å². The number of nitriles is 1. The molecule has 2 aromatic heterocycles. The molecule has 2 aromatic carbocycles. The minimum absolute atomic E-state index is 0.243. The number of hydrogen-bond donors (Lipinski definition) is 1. The summed E-state index contributed by atoms with van der Waals surface area (Å²) in [5, 5.41) is 12.8. The van der Waals surface area contributed by atoms with Gasteiger partial charge in [-0.3, -0.25) is 4.79 Å². The van der Waals surface area contributed by atoms with Gasteiger partial charge in [-0.1, -0.05) is 18.2 Å². The Morgan fingerprint density at radius 3 is 2.57 bits per heavy atom. The van der Waals surface area contributed by atoms with Gasteiger partial charge in [0.1, 0.15) is 5.82 Å². The number of aromatic nitrogens is 2. The molecule has 0 atom stereocenters. The van der Waals surface area contributed by atoms with Gasteiger partial charge in [-0.05, 0) is 54.1 Å². The minimum atomic E-state index is -0.243. The Balaban J connectivity index is 1.64. The molecule has 0 aliphatic rings. The Morgan fingerprint density at radius 1 is 1.03 bits per heavy atom. The summed E-state index contributed by atoms with van der Waals surface area (Å²) in [6, 6.07) is 22.5. The van der Waals surface area contributed by atoms with Gasteiger partial charge < -0.3 is 10.2 Å². The first-order valence-corrected chi connectivity index (χ1v) is 9.40. The second kappa shape index (κ2) is 8.02. The first-order valence-electron chi connectivity index (χ1n) is 9.40. The van der Waals surface area contributed by atoms with E-state index in [2.05, 4.69) is 21.4 Å². The highest BCUT2D eigenvalue weighted by Gasteiger charge is 2.13. The van der Waals surface area contributed by atoms with E-state index in [9.17, 15) is 4.79 Å². The van der Waals surface area contributed by atoms with E-state index in [-0.39, 0.29) is 5.91 Å². The molecular weight excluding hydrogens is 374 g/mol. The number of pyridine rings is 2. The van der Waals surface area contributed by atoms with Crippen molar-refractivity contribution in [2.45, 2.75) is 0 Å². The maximum Gasteiger partial charge on any atom is 0.256 e. The summed E-state index contributed by atoms with van der Waals surface area (Å²) < 4.78 is 0. The number of amides is 1. The Morgan fingerprint density at radius 2 is 1.83 bits per heavy atom. The molecule has 1 amide bonds. The fourth-order valence-corrected chi connectivity index (χ4v) is 3.22. The minimum Gasteiger partial charge on any atom is -0.377 e. The van der Waals surface area contributed by atoms with Crippen molar-refractivity contribution in [2.75, 3.05) is 24.3 Å². The standard InChI is InChI=1S/C24H19N5O/c1-29(2)21-14-19(9-11-20(21)17-7-5-16(15-25)6-8-17)24(30)28-22-12-10-18-4-3-13-26-23(18)27-22/h3-14H,1-2H3,(H,26,27,28,30). The fourth-order valence-electron chi connectivity index (χ4n) is 3.22. The van der Waals surface area contributed by atoms with Gasteiger partial charge in [-0.15, -0.1) is 0 Å². The van der Waals surface area contributed by atoms with Crippen molar-refractivity contribution in [1.82, 2.24) is 9.97 Å². The second-order valence-corrected chi connectivity index (χ2v) is 7.02. The molecule has 0 aliphatic heterocycles. The molecule has 2 heterocycles. The molecule has 146 valence electrons. The molecule has 6 heteroatoms. The molecule has 0 aliphatic carbocycles. The lowest BCUT2D eigenvalue weighted by atomic mass is 9.99. The van der Waals surface area contributed by atoms with Crippen molar-refractivity contribution in [1.29, 1.82) is 5.26 Å². The van der Waals surface area contributed by atoms with E-state index in [4.69, 9.17) is 5.26 Å². The first-order chi connectivity index (χ1) is 14.5. The van der Waals surface area contributed by atoms with Crippen LogP contribution in [0.4, 0.5) is 11.5 Å². The lowest BCUT2D eigenvalue weighted by Gasteiger charge is -2.19. The Bertz CT molecular complexity index is 1270. The lowest BCUT2D eigenvalue weighted by molar-refractivity contribution is 0.102. The first kappa shape index (κ1) is 19.1. The third-order valence-corrected chi connectivity index (χ3v) is 4.77. The zero-order valence-corrected chi connectivity index (χ0v) is 16.6. The molecule has 6 nitrogen and oxygen atoms in total. The van der Waals surface area contributed by atoms with Crippen LogP contribution in [0.25, 0.3) is 22.2 Å². The zero-order valence-electron chi connectivity index (χ0n) is 16.6. The number of anilines is 2. The number of hydrogen-bond acceptors (Lipinski definition) is 5. The normalized spacial score (nSPS) is 10.4. The van der Waals surface area contributed by atoms with Gasteiger partial charge in [0.05, 0.1) is 11.6 Å². The maximum absolute atomic E-state index is 12.8. The summed E-state index contributed by atoms with van der Waals surface area (Å²) in [5.74, 6) is 0.209. The van der Waals surface area contributed by atoms with Gasteiger partial charge in [-0.2, -0.15) is 5.26 Å². The van der Waals surface area contributed by atoms with Crippen molar-refractivity contribution >= 4 is 28.4 Å². The molecule has 0 radical (unpaired) electrons. The fraction of sp³-hybridized carbons (Fsp3) is 0.0833. The van der Waals surface area contributed by atoms with E-state index >= 15 is 0 Å². The number of nitrogens with zero attached hydrogens (tertiary/aromatic N) is 4. The summed E-state index contributed by atoms with van der Waals surface area (Å²) in [7, 11) is 3.86. The van der Waals surface area contributed by atoms with E-state index < -0.39 is 0 Å². The number of nitrogens with one attached hydrogen (secondary N) is 1. The predicted molar refractivity (Wildman–Crippen MR) is 118 cm³/mol. The highest BCUT2D eigenvalue weighted by Crippen LogP contribution is 2.31. The van der Waals surface area contributed by atoms with Crippen molar-refractivity contribution in [3.05, 3.63) is 84.1 Å². The Hall–Kier alpha value is -4.24. The van der Waals surface area contributed by atoms with Crippen LogP contribution >= 0.6 is 0 Å². The topological polar surface area (TPSA) is 81.9 Å². The zero-order chi connectivity index (χ0) is 21.1. The molecule has 4 rings (SSSR count). The summed E-state index contributed by atoms with van der Waals surface area (Å²) >= 11 is 0. The van der Waals surface area contributed by atoms with Gasteiger partial charge in [0.15, 0.2) is 5.65 Å². The quantitative estimate of drug-likeness (QED) is 0.552. The van der Waals surface area contributed by atoms with Crippen LogP contribution in [-0.4, -0.2) is 30.0 Å². The molecule has 0 fully saturated rings. The molecule has 4 aromatic rings. The highest BCUT2D eigenvalue weighted by atomic mass is 16.1. The van der Waals surface area contributed by atoms with Gasteiger partial charge in [0.25, 0.3) is 5.91 Å². The second-order valence-electron chi connectivity index (χ2n) is 7.02. The van der Waals surface area contributed by atoms with Crippen LogP contribution < -0.4 is 10.2 Å². The molecule has 0 unspecified atom stereocenters. The molecule has 0 spiro atoms. The maximum atomic E-state index is 12.8. The SMILES string of the molecule is CN(C)c1cc(C(=O)Nc2ccc3cccnc3n2)ccc1-c1ccc(C#N)cc1. The summed E-state index contributed by atoms with van der Waals surface area (Å²) in [6.45, 7) is 0. The van der Waals surface area contributed by atoms with Gasteiger partial charge >= 0.3 is 0 Å². The molecule has 0 saturated heterocycles. The summed E-state index contributed by atoms with van der Waals surface area (Å²) in [5.41, 5.74) is 4.58. The Kier molecular flexibility index (Phi) is 5.10. The van der Waals surface area contributed by atoms with Crippen LogP contribution in [0.3, 0.4) is 0 Å². The van der Waals surface area contributed by atoms with Crippen LogP contribution in [0.2, 0.25) is 0 Å². The number of carbonyl (C=O) groups is 1. The lowest BCUT2D eigenvalue weighted by Crippen LogP contribution is -2.15. The molecule has 30 heavy (non-hydrogen) atoms. The average Bonchev–Trinajstić information content (AvgIpc) is 2.78. The molecular formula is C24H19N5O. The van der Waals surface area contributed by atoms with Crippen molar-refractivity contribution in [3.8, 4) is 17.2 Å². The molecule has 0 bridgehead atoms. The van der Waals surface area contributed by atoms with Crippen molar-refractivity contribution in [3.63, 3.8) is 0 Å². The molecule has 1 N–H and O–H groups in total. The third-order valence-electron chi connectivity index (χ3n) is 4.77. The van der Waals surface area contributed by atoms with Gasteiger partial charge in [-0.25, -0.2) is 9.97 Å². The van der Waals surface area contributed by atoms with Crippen LogP contribution in [0.1, 0.15) is 15.9 Å². The summed E-state index contributed by atoms with van der Waals surface area (Å²) in [6.07, 6.45) is 1.67. The molecule has 0 saturated carbocycles. The highest BCUT2D eigenvalue weighted by molar-refractivity contribution is 6.05. The van der Waals surface area contributed by atoms with Crippen LogP contribution in [0, 0.1) is 11.3 Å².